The molecule has 0 saturated heterocycles. The third-order valence-corrected chi connectivity index (χ3v) is 3.69. The molecule has 0 radical (unpaired) electrons. The zero-order valence-corrected chi connectivity index (χ0v) is 11.7. The van der Waals surface area contributed by atoms with E-state index < -0.39 is 5.97 Å². The summed E-state index contributed by atoms with van der Waals surface area (Å²) in [6.07, 6.45) is 5.61. The molecule has 1 aromatic rings. The van der Waals surface area contributed by atoms with E-state index in [9.17, 15) is 4.79 Å². The van der Waals surface area contributed by atoms with Crippen molar-refractivity contribution in [3.63, 3.8) is 0 Å². The third-order valence-electron chi connectivity index (χ3n) is 3.69. The zero-order valence-electron chi connectivity index (χ0n) is 11.7. The fraction of sp³-hybridized carbons (Fsp3) is 0.571. The lowest BCUT2D eigenvalue weighted by atomic mass is 9.91. The van der Waals surface area contributed by atoms with Crippen molar-refractivity contribution < 1.29 is 14.6 Å². The summed E-state index contributed by atoms with van der Waals surface area (Å²) >= 11 is 0. The number of esters is 1. The van der Waals surface area contributed by atoms with Crippen molar-refractivity contribution in [3.8, 4) is 0 Å². The van der Waals surface area contributed by atoms with Gasteiger partial charge in [-0.05, 0) is 31.7 Å². The van der Waals surface area contributed by atoms with E-state index >= 15 is 0 Å². The molecule has 20 heavy (non-hydrogen) atoms. The largest absolute Gasteiger partial charge is 0.465 e. The van der Waals surface area contributed by atoms with Gasteiger partial charge in [-0.25, -0.2) is 9.78 Å². The summed E-state index contributed by atoms with van der Waals surface area (Å²) in [5.74, 6) is 0.264. The number of nitrogens with two attached hydrogens (primary N) is 1. The topological polar surface area (TPSA) is 88.7 Å². The number of carbonyl (C=O) groups excluding carboxylic acids is 1. The second kappa shape index (κ2) is 6.56. The lowest BCUT2D eigenvalue weighted by Crippen LogP contribution is -2.41. The predicted molar refractivity (Wildman–Crippen MR) is 76.7 cm³/mol. The first-order chi connectivity index (χ1) is 9.67. The maximum Gasteiger partial charge on any atom is 0.340 e. The molecule has 0 aromatic carbocycles. The lowest BCUT2D eigenvalue weighted by Gasteiger charge is -2.38. The number of pyridine rings is 1. The van der Waals surface area contributed by atoms with Crippen molar-refractivity contribution >= 4 is 17.5 Å². The molecule has 2 rings (SSSR count). The first-order valence-corrected chi connectivity index (χ1v) is 6.88. The molecule has 110 valence electrons. The minimum Gasteiger partial charge on any atom is -0.465 e. The van der Waals surface area contributed by atoms with Crippen molar-refractivity contribution in [1.29, 1.82) is 0 Å². The Morgan fingerprint density at radius 1 is 1.60 bits per heavy atom. The van der Waals surface area contributed by atoms with Gasteiger partial charge in [0.25, 0.3) is 0 Å². The lowest BCUT2D eigenvalue weighted by molar-refractivity contribution is 0.0602. The number of ether oxygens (including phenoxy) is 1. The molecule has 1 aliphatic rings. The van der Waals surface area contributed by atoms with Gasteiger partial charge < -0.3 is 20.5 Å². The van der Waals surface area contributed by atoms with Gasteiger partial charge in [0.1, 0.15) is 5.82 Å². The van der Waals surface area contributed by atoms with Crippen LogP contribution in [0.15, 0.2) is 12.3 Å². The number of carbonyl (C=O) groups is 1. The molecular weight excluding hydrogens is 258 g/mol. The summed E-state index contributed by atoms with van der Waals surface area (Å²) in [5, 5.41) is 9.02. The minimum atomic E-state index is -0.457. The summed E-state index contributed by atoms with van der Waals surface area (Å²) in [6.45, 7) is 0.862. The Bertz CT molecular complexity index is 475. The molecule has 0 unspecified atom stereocenters. The summed E-state index contributed by atoms with van der Waals surface area (Å²) in [4.78, 5) is 18.2. The summed E-state index contributed by atoms with van der Waals surface area (Å²) in [5.41, 5.74) is 6.42. The Labute approximate surface area is 118 Å². The molecule has 0 spiro atoms. The van der Waals surface area contributed by atoms with Gasteiger partial charge in [0, 0.05) is 19.2 Å². The van der Waals surface area contributed by atoms with E-state index in [0.29, 0.717) is 23.7 Å². The summed E-state index contributed by atoms with van der Waals surface area (Å²) in [6, 6.07) is 2.11. The normalized spacial score (nSPS) is 14.7. The number of hydrogen-bond donors (Lipinski definition) is 2. The van der Waals surface area contributed by atoms with Gasteiger partial charge in [-0.3, -0.25) is 0 Å². The summed E-state index contributed by atoms with van der Waals surface area (Å²) in [7, 11) is 1.33. The van der Waals surface area contributed by atoms with E-state index in [0.717, 1.165) is 25.2 Å². The molecule has 6 nitrogen and oxygen atoms in total. The molecule has 6 heteroatoms. The van der Waals surface area contributed by atoms with Gasteiger partial charge in [0.2, 0.25) is 0 Å². The first-order valence-electron chi connectivity index (χ1n) is 6.88. The van der Waals surface area contributed by atoms with Crippen LogP contribution in [0.25, 0.3) is 0 Å². The van der Waals surface area contributed by atoms with Crippen molar-refractivity contribution in [1.82, 2.24) is 4.98 Å². The highest BCUT2D eigenvalue weighted by atomic mass is 16.5. The van der Waals surface area contributed by atoms with Crippen LogP contribution < -0.4 is 10.6 Å². The second-order valence-corrected chi connectivity index (χ2v) is 4.98. The average Bonchev–Trinajstić information content (AvgIpc) is 2.41. The smallest absolute Gasteiger partial charge is 0.340 e. The van der Waals surface area contributed by atoms with Gasteiger partial charge in [-0.1, -0.05) is 0 Å². The van der Waals surface area contributed by atoms with Crippen molar-refractivity contribution in [2.75, 3.05) is 30.9 Å². The van der Waals surface area contributed by atoms with Crippen LogP contribution in [0.5, 0.6) is 0 Å². The second-order valence-electron chi connectivity index (χ2n) is 4.98. The quantitative estimate of drug-likeness (QED) is 0.760. The number of aliphatic hydroxyl groups excluding tert-OH is 1. The van der Waals surface area contributed by atoms with Gasteiger partial charge in [0.05, 0.1) is 24.6 Å². The number of methoxy groups -OCH3 is 1. The number of anilines is 2. The van der Waals surface area contributed by atoms with Crippen molar-refractivity contribution in [3.05, 3.63) is 17.8 Å². The van der Waals surface area contributed by atoms with Gasteiger partial charge in [0.15, 0.2) is 0 Å². The van der Waals surface area contributed by atoms with Crippen LogP contribution in [0.3, 0.4) is 0 Å². The minimum absolute atomic E-state index is 0.141. The highest BCUT2D eigenvalue weighted by molar-refractivity contribution is 5.95. The molecule has 1 fully saturated rings. The number of aromatic nitrogens is 1. The van der Waals surface area contributed by atoms with E-state index in [1.54, 1.807) is 6.07 Å². The standard InChI is InChI=1S/C14H21N3O3/c1-20-14(19)11-8-13(16-9-12(11)15)17(6-3-7-18)10-4-2-5-10/h8-10,18H,2-7,15H2,1H3. The van der Waals surface area contributed by atoms with Crippen LogP contribution in [0.4, 0.5) is 11.5 Å². The van der Waals surface area contributed by atoms with Crippen LogP contribution in [0, 0.1) is 0 Å². The van der Waals surface area contributed by atoms with Crippen LogP contribution in [0.2, 0.25) is 0 Å². The Kier molecular flexibility index (Phi) is 4.79. The number of nitrogen functional groups attached to an aromatic ring is 1. The van der Waals surface area contributed by atoms with E-state index in [1.165, 1.54) is 19.7 Å². The summed E-state index contributed by atoms with van der Waals surface area (Å²) < 4.78 is 4.73. The molecule has 1 aromatic heterocycles. The van der Waals surface area contributed by atoms with Gasteiger partial charge in [-0.2, -0.15) is 0 Å². The molecular formula is C14H21N3O3. The molecule has 3 N–H and O–H groups in total. The first kappa shape index (κ1) is 14.6. The van der Waals surface area contributed by atoms with Gasteiger partial charge >= 0.3 is 5.97 Å². The molecule has 0 amide bonds. The number of aliphatic hydroxyl groups is 1. The fourth-order valence-electron chi connectivity index (χ4n) is 2.32. The van der Waals surface area contributed by atoms with E-state index in [2.05, 4.69) is 9.88 Å². The maximum atomic E-state index is 11.7. The maximum absolute atomic E-state index is 11.7. The Hall–Kier alpha value is -1.82. The monoisotopic (exact) mass is 279 g/mol. The van der Waals surface area contributed by atoms with E-state index in [1.807, 2.05) is 0 Å². The number of hydrogen-bond acceptors (Lipinski definition) is 6. The van der Waals surface area contributed by atoms with Crippen molar-refractivity contribution in [2.24, 2.45) is 0 Å². The molecule has 1 aliphatic carbocycles. The van der Waals surface area contributed by atoms with Crippen molar-refractivity contribution in [2.45, 2.75) is 31.7 Å². The van der Waals surface area contributed by atoms with E-state index in [4.69, 9.17) is 15.6 Å². The third kappa shape index (κ3) is 3.01. The zero-order chi connectivity index (χ0) is 14.5. The molecule has 0 aliphatic heterocycles. The molecule has 0 bridgehead atoms. The van der Waals surface area contributed by atoms with Crippen LogP contribution in [-0.4, -0.2) is 42.4 Å². The predicted octanol–water partition coefficient (Wildman–Crippen LogP) is 1.19. The highest BCUT2D eigenvalue weighted by Crippen LogP contribution is 2.30. The van der Waals surface area contributed by atoms with Crippen LogP contribution in [0.1, 0.15) is 36.0 Å². The SMILES string of the molecule is COC(=O)c1cc(N(CCCO)C2CCC2)ncc1N. The Balaban J connectivity index is 2.25. The van der Waals surface area contributed by atoms with E-state index in [-0.39, 0.29) is 6.61 Å². The van der Waals surface area contributed by atoms with Gasteiger partial charge in [-0.15, -0.1) is 0 Å². The molecule has 1 heterocycles. The van der Waals surface area contributed by atoms with Crippen LogP contribution in [-0.2, 0) is 4.74 Å². The average molecular weight is 279 g/mol. The molecule has 0 atom stereocenters. The number of rotatable bonds is 6. The fourth-order valence-corrected chi connectivity index (χ4v) is 2.32. The molecule has 1 saturated carbocycles. The van der Waals surface area contributed by atoms with Crippen LogP contribution >= 0.6 is 0 Å². The highest BCUT2D eigenvalue weighted by Gasteiger charge is 2.26. The Morgan fingerprint density at radius 3 is 2.90 bits per heavy atom. The number of nitrogens with zero attached hydrogens (tertiary/aromatic N) is 2. The Morgan fingerprint density at radius 2 is 2.35 bits per heavy atom.